The van der Waals surface area contributed by atoms with Crippen molar-refractivity contribution in [1.82, 2.24) is 0 Å². The number of methoxy groups -OCH3 is 1. The fourth-order valence-corrected chi connectivity index (χ4v) is 1.01. The van der Waals surface area contributed by atoms with E-state index in [1.807, 2.05) is 0 Å². The molecule has 0 spiro atoms. The molecule has 0 aliphatic carbocycles. The van der Waals surface area contributed by atoms with E-state index in [0.29, 0.717) is 7.11 Å². The largest absolute Gasteiger partial charge is 0.490 e. The number of rotatable bonds is 0. The van der Waals surface area contributed by atoms with Crippen molar-refractivity contribution in [2.45, 2.75) is 25.4 Å². The molecule has 84 valence electrons. The number of carbonyl (C=O) groups is 1. The average molecular weight is 214 g/mol. The number of ether oxygens (including phenoxy) is 1. The minimum Gasteiger partial charge on any atom is -0.462 e. The Balaban J connectivity index is 0.000000249. The molecule has 6 heteroatoms. The zero-order valence-corrected chi connectivity index (χ0v) is 8.06. The summed E-state index contributed by atoms with van der Waals surface area (Å²) >= 11 is 0. The number of hydrogen-bond acceptors (Lipinski definition) is 2. The van der Waals surface area contributed by atoms with E-state index in [4.69, 9.17) is 0 Å². The Bertz CT molecular complexity index is 155. The first-order valence-corrected chi connectivity index (χ1v) is 4.45. The van der Waals surface area contributed by atoms with E-state index in [0.717, 1.165) is 0 Å². The van der Waals surface area contributed by atoms with Crippen molar-refractivity contribution in [2.24, 2.45) is 0 Å². The molecule has 0 amide bonds. The summed E-state index contributed by atoms with van der Waals surface area (Å²) in [6, 6.07) is 0. The van der Waals surface area contributed by atoms with Gasteiger partial charge in [0.2, 0.25) is 0 Å². The molecule has 2 N–H and O–H groups in total. The van der Waals surface area contributed by atoms with Gasteiger partial charge in [-0.05, 0) is 19.3 Å². The molecule has 0 unspecified atom stereocenters. The van der Waals surface area contributed by atoms with Gasteiger partial charge in [-0.15, -0.1) is 0 Å². The summed E-state index contributed by atoms with van der Waals surface area (Å²) in [5.74, 6) is -2.17. The van der Waals surface area contributed by atoms with Crippen LogP contribution in [0.3, 0.4) is 0 Å². The lowest BCUT2D eigenvalue weighted by atomic mass is 10.2. The van der Waals surface area contributed by atoms with Crippen LogP contribution in [0.2, 0.25) is 0 Å². The molecular formula is C8H15F3NO2+. The van der Waals surface area contributed by atoms with Gasteiger partial charge in [0, 0.05) is 0 Å². The fourth-order valence-electron chi connectivity index (χ4n) is 1.01. The molecule has 1 aliphatic heterocycles. The maximum absolute atomic E-state index is 11.0. The highest BCUT2D eigenvalue weighted by Gasteiger charge is 2.39. The second-order valence-corrected chi connectivity index (χ2v) is 2.92. The van der Waals surface area contributed by atoms with E-state index in [1.54, 1.807) is 0 Å². The Labute approximate surface area is 80.6 Å². The van der Waals surface area contributed by atoms with Crippen LogP contribution in [0.15, 0.2) is 0 Å². The van der Waals surface area contributed by atoms with Gasteiger partial charge in [-0.2, -0.15) is 13.2 Å². The molecule has 1 fully saturated rings. The quantitative estimate of drug-likeness (QED) is 0.595. The molecule has 3 nitrogen and oxygen atoms in total. The van der Waals surface area contributed by atoms with Crippen molar-refractivity contribution in [1.29, 1.82) is 0 Å². The summed E-state index contributed by atoms with van der Waals surface area (Å²) < 4.78 is 36.3. The lowest BCUT2D eigenvalue weighted by molar-refractivity contribution is -0.662. The molecule has 1 rings (SSSR count). The van der Waals surface area contributed by atoms with Crippen molar-refractivity contribution in [3.05, 3.63) is 0 Å². The van der Waals surface area contributed by atoms with E-state index in [-0.39, 0.29) is 0 Å². The Kier molecular flexibility index (Phi) is 6.27. The summed E-state index contributed by atoms with van der Waals surface area (Å²) in [6.07, 6.45) is -0.495. The molecule has 14 heavy (non-hydrogen) atoms. The normalized spacial score (nSPS) is 16.6. The van der Waals surface area contributed by atoms with Gasteiger partial charge >= 0.3 is 12.1 Å². The molecule has 0 saturated carbocycles. The number of carbonyl (C=O) groups excluding carboxylic acids is 1. The third kappa shape index (κ3) is 6.71. The second kappa shape index (κ2) is 6.64. The maximum Gasteiger partial charge on any atom is 0.490 e. The molecule has 1 heterocycles. The van der Waals surface area contributed by atoms with Gasteiger partial charge in [0.15, 0.2) is 0 Å². The number of quaternary nitrogens is 1. The molecule has 0 aromatic carbocycles. The van der Waals surface area contributed by atoms with Crippen LogP contribution in [0.4, 0.5) is 13.2 Å². The third-order valence-electron chi connectivity index (χ3n) is 1.73. The predicted octanol–water partition coefficient (Wildman–Crippen LogP) is 0.455. The monoisotopic (exact) mass is 214 g/mol. The number of piperidine rings is 1. The van der Waals surface area contributed by atoms with E-state index in [2.05, 4.69) is 10.1 Å². The van der Waals surface area contributed by atoms with Crippen LogP contribution in [0.25, 0.3) is 0 Å². The minimum atomic E-state index is -4.85. The van der Waals surface area contributed by atoms with Crippen LogP contribution in [-0.2, 0) is 9.53 Å². The summed E-state index contributed by atoms with van der Waals surface area (Å²) in [7, 11) is 0.676. The molecule has 1 aliphatic rings. The lowest BCUT2D eigenvalue weighted by Crippen LogP contribution is -2.85. The molecule has 0 aromatic rings. The Morgan fingerprint density at radius 3 is 1.79 bits per heavy atom. The first kappa shape index (κ1) is 13.2. The highest BCUT2D eigenvalue weighted by atomic mass is 19.4. The Morgan fingerprint density at radius 2 is 1.71 bits per heavy atom. The van der Waals surface area contributed by atoms with Crippen LogP contribution in [0.1, 0.15) is 19.3 Å². The average Bonchev–Trinajstić information content (AvgIpc) is 2.19. The molecule has 0 atom stereocenters. The standard InChI is InChI=1S/C5H11N.C3H3F3O2/c1-2-4-6-5-3-1;1-8-2(7)3(4,5)6/h6H,1-5H2;1H3/p+1. The fraction of sp³-hybridized carbons (Fsp3) is 0.875. The maximum atomic E-state index is 11.0. The van der Waals surface area contributed by atoms with Gasteiger partial charge in [-0.3, -0.25) is 0 Å². The van der Waals surface area contributed by atoms with E-state index in [9.17, 15) is 18.0 Å². The van der Waals surface area contributed by atoms with E-state index >= 15 is 0 Å². The first-order chi connectivity index (χ1) is 6.48. The van der Waals surface area contributed by atoms with Crippen LogP contribution < -0.4 is 5.32 Å². The van der Waals surface area contributed by atoms with Crippen LogP contribution in [0, 0.1) is 0 Å². The van der Waals surface area contributed by atoms with Gasteiger partial charge in [-0.25, -0.2) is 4.79 Å². The first-order valence-electron chi connectivity index (χ1n) is 4.45. The lowest BCUT2D eigenvalue weighted by Gasteiger charge is -2.05. The zero-order chi connectivity index (χ0) is 11.0. The summed E-state index contributed by atoms with van der Waals surface area (Å²) in [5, 5.41) is 2.39. The van der Waals surface area contributed by atoms with Crippen LogP contribution >= 0.6 is 0 Å². The Hall–Kier alpha value is -0.780. The SMILES string of the molecule is C1CC[NH2+]CC1.COC(=O)C(F)(F)F. The molecule has 0 aromatic heterocycles. The highest BCUT2D eigenvalue weighted by molar-refractivity contribution is 5.75. The van der Waals surface area contributed by atoms with Crippen LogP contribution in [-0.4, -0.2) is 32.3 Å². The van der Waals surface area contributed by atoms with Crippen molar-refractivity contribution in [2.75, 3.05) is 20.2 Å². The molecule has 0 bridgehead atoms. The van der Waals surface area contributed by atoms with Gasteiger partial charge in [-0.1, -0.05) is 0 Å². The topological polar surface area (TPSA) is 42.9 Å². The number of nitrogens with two attached hydrogens (primary N) is 1. The Morgan fingerprint density at radius 1 is 1.21 bits per heavy atom. The van der Waals surface area contributed by atoms with E-state index in [1.165, 1.54) is 32.4 Å². The zero-order valence-electron chi connectivity index (χ0n) is 8.06. The second-order valence-electron chi connectivity index (χ2n) is 2.92. The smallest absolute Gasteiger partial charge is 0.462 e. The van der Waals surface area contributed by atoms with E-state index < -0.39 is 12.1 Å². The summed E-state index contributed by atoms with van der Waals surface area (Å²) in [6.45, 7) is 2.75. The number of esters is 1. The third-order valence-corrected chi connectivity index (χ3v) is 1.73. The van der Waals surface area contributed by atoms with Crippen molar-refractivity contribution in [3.63, 3.8) is 0 Å². The van der Waals surface area contributed by atoms with Gasteiger partial charge in [0.05, 0.1) is 20.2 Å². The number of hydrogen-bond donors (Lipinski definition) is 1. The minimum absolute atomic E-state index is 0.676. The highest BCUT2D eigenvalue weighted by Crippen LogP contribution is 2.15. The van der Waals surface area contributed by atoms with Crippen molar-refractivity contribution in [3.8, 4) is 0 Å². The van der Waals surface area contributed by atoms with Crippen molar-refractivity contribution >= 4 is 5.97 Å². The molecule has 1 saturated heterocycles. The molecule has 0 radical (unpaired) electrons. The summed E-state index contributed by atoms with van der Waals surface area (Å²) in [4.78, 5) is 9.49. The predicted molar refractivity (Wildman–Crippen MR) is 43.6 cm³/mol. The molecular weight excluding hydrogens is 199 g/mol. The summed E-state index contributed by atoms with van der Waals surface area (Å²) in [5.41, 5.74) is 0. The number of alkyl halides is 3. The van der Waals surface area contributed by atoms with Crippen molar-refractivity contribution < 1.29 is 28.0 Å². The van der Waals surface area contributed by atoms with Gasteiger partial charge < -0.3 is 10.1 Å². The van der Waals surface area contributed by atoms with Gasteiger partial charge in [0.1, 0.15) is 0 Å². The number of halogens is 3. The van der Waals surface area contributed by atoms with Gasteiger partial charge in [0.25, 0.3) is 0 Å². The van der Waals surface area contributed by atoms with Crippen LogP contribution in [0.5, 0.6) is 0 Å².